The highest BCUT2D eigenvalue weighted by atomic mass is 16.7. The van der Waals surface area contributed by atoms with Crippen molar-refractivity contribution in [3.05, 3.63) is 0 Å². The van der Waals surface area contributed by atoms with Gasteiger partial charge in [0, 0.05) is 12.3 Å². The van der Waals surface area contributed by atoms with Crippen LogP contribution in [0.4, 0.5) is 0 Å². The van der Waals surface area contributed by atoms with Crippen molar-refractivity contribution in [3.8, 4) is 0 Å². The number of rotatable bonds is 3. The zero-order valence-corrected chi connectivity index (χ0v) is 7.83. The van der Waals surface area contributed by atoms with Gasteiger partial charge in [0.1, 0.15) is 6.10 Å². The van der Waals surface area contributed by atoms with E-state index in [2.05, 4.69) is 0 Å². The fourth-order valence-corrected chi connectivity index (χ4v) is 2.19. The smallest absolute Gasteiger partial charge is 0.194 e. The maximum absolute atomic E-state index is 9.77. The summed E-state index contributed by atoms with van der Waals surface area (Å²) in [6, 6.07) is 0. The van der Waals surface area contributed by atoms with E-state index in [1.54, 1.807) is 0 Å². The van der Waals surface area contributed by atoms with E-state index in [-0.39, 0.29) is 11.8 Å². The van der Waals surface area contributed by atoms with E-state index in [0.29, 0.717) is 25.9 Å². The molecule has 14 heavy (non-hydrogen) atoms. The van der Waals surface area contributed by atoms with Crippen LogP contribution in [0.2, 0.25) is 0 Å². The summed E-state index contributed by atoms with van der Waals surface area (Å²) in [5, 5.41) is 37.4. The maximum Gasteiger partial charge on any atom is 0.194 e. The molecular formula is C9H16O5. The van der Waals surface area contributed by atoms with Crippen LogP contribution in [0, 0.1) is 11.8 Å². The summed E-state index contributed by atoms with van der Waals surface area (Å²) >= 11 is 0. The van der Waals surface area contributed by atoms with Gasteiger partial charge in [-0.3, -0.25) is 0 Å². The fourth-order valence-electron chi connectivity index (χ4n) is 2.19. The Morgan fingerprint density at radius 3 is 2.00 bits per heavy atom. The lowest BCUT2D eigenvalue weighted by atomic mass is 9.67. The molecule has 2 fully saturated rings. The molecule has 4 N–H and O–H groups in total. The largest absolute Gasteiger partial charge is 0.387 e. The topological polar surface area (TPSA) is 90.2 Å². The van der Waals surface area contributed by atoms with Crippen LogP contribution in [0.25, 0.3) is 0 Å². The average Bonchev–Trinajstić information content (AvgIpc) is 1.96. The molecule has 0 radical (unpaired) electrons. The van der Waals surface area contributed by atoms with Gasteiger partial charge in [-0.2, -0.15) is 0 Å². The molecule has 0 aromatic rings. The first-order valence-electron chi connectivity index (χ1n) is 4.95. The van der Waals surface area contributed by atoms with Crippen molar-refractivity contribution in [1.82, 2.24) is 0 Å². The van der Waals surface area contributed by atoms with Gasteiger partial charge in [0.2, 0.25) is 0 Å². The van der Waals surface area contributed by atoms with Crippen LogP contribution >= 0.6 is 0 Å². The van der Waals surface area contributed by atoms with E-state index in [1.165, 1.54) is 0 Å². The number of hydrogen-bond acceptors (Lipinski definition) is 5. The lowest BCUT2D eigenvalue weighted by Gasteiger charge is -2.49. The van der Waals surface area contributed by atoms with Crippen LogP contribution < -0.4 is 0 Å². The Balaban J connectivity index is 1.95. The Morgan fingerprint density at radius 1 is 1.14 bits per heavy atom. The van der Waals surface area contributed by atoms with E-state index in [0.717, 1.165) is 0 Å². The lowest BCUT2D eigenvalue weighted by Crippen LogP contribution is -2.59. The summed E-state index contributed by atoms with van der Waals surface area (Å²) in [6.45, 7) is 0.451. The molecule has 1 saturated carbocycles. The minimum absolute atomic E-state index is 0.264. The van der Waals surface area contributed by atoms with E-state index in [9.17, 15) is 10.2 Å². The van der Waals surface area contributed by atoms with Gasteiger partial charge in [0.15, 0.2) is 12.1 Å². The van der Waals surface area contributed by atoms with E-state index in [4.69, 9.17) is 14.9 Å². The van der Waals surface area contributed by atoms with Gasteiger partial charge in [-0.25, -0.2) is 0 Å². The molecule has 0 aromatic heterocycles. The second-order valence-electron chi connectivity index (χ2n) is 4.21. The monoisotopic (exact) mass is 204 g/mol. The van der Waals surface area contributed by atoms with E-state index < -0.39 is 18.2 Å². The summed E-state index contributed by atoms with van der Waals surface area (Å²) in [5.41, 5.74) is 0. The quantitative estimate of drug-likeness (QED) is 0.433. The molecule has 1 saturated heterocycles. The molecule has 5 nitrogen and oxygen atoms in total. The second-order valence-corrected chi connectivity index (χ2v) is 4.21. The predicted molar refractivity (Wildman–Crippen MR) is 46.0 cm³/mol. The van der Waals surface area contributed by atoms with Crippen molar-refractivity contribution < 1.29 is 25.2 Å². The summed E-state index contributed by atoms with van der Waals surface area (Å²) in [6.07, 6.45) is -0.618. The number of ether oxygens (including phenoxy) is 1. The van der Waals surface area contributed by atoms with Gasteiger partial charge in [0.25, 0.3) is 0 Å². The van der Waals surface area contributed by atoms with Crippen LogP contribution in [-0.4, -0.2) is 45.2 Å². The molecule has 1 heterocycles. The summed E-state index contributed by atoms with van der Waals surface area (Å²) < 4.78 is 4.91. The molecule has 0 amide bonds. The molecule has 4 atom stereocenters. The van der Waals surface area contributed by atoms with Gasteiger partial charge in [0.05, 0.1) is 6.61 Å². The molecule has 2 unspecified atom stereocenters. The number of aliphatic hydroxyl groups is 4. The highest BCUT2D eigenvalue weighted by Crippen LogP contribution is 2.44. The van der Waals surface area contributed by atoms with E-state index in [1.807, 2.05) is 0 Å². The Hall–Kier alpha value is -0.200. The predicted octanol–water partition coefficient (Wildman–Crippen LogP) is -1.21. The Bertz CT molecular complexity index is 213. The van der Waals surface area contributed by atoms with Crippen LogP contribution in [0.1, 0.15) is 19.3 Å². The third kappa shape index (κ3) is 1.45. The molecule has 1 aliphatic heterocycles. The summed E-state index contributed by atoms with van der Waals surface area (Å²) in [5.74, 6) is -2.04. The average molecular weight is 204 g/mol. The minimum atomic E-state index is -1.45. The first-order valence-corrected chi connectivity index (χ1v) is 4.95. The second kappa shape index (κ2) is 3.43. The zero-order valence-electron chi connectivity index (χ0n) is 7.83. The molecule has 2 aliphatic rings. The normalized spacial score (nSPS) is 44.4. The standard InChI is InChI=1S/C9H16O5/c10-7(9(13)3-4-14-9)5-1-2-6(5)8(11)12/h5-8,10-13H,1-4H2/t5-,6?,7?,9-/m0/s1. The Kier molecular flexibility index (Phi) is 2.53. The Labute approximate surface area is 81.9 Å². The maximum atomic E-state index is 9.77. The molecular weight excluding hydrogens is 188 g/mol. The number of hydrogen-bond donors (Lipinski definition) is 4. The molecule has 0 aromatic carbocycles. The highest BCUT2D eigenvalue weighted by molar-refractivity contribution is 4.95. The summed E-state index contributed by atoms with van der Waals surface area (Å²) in [7, 11) is 0. The molecule has 82 valence electrons. The van der Waals surface area contributed by atoms with Crippen molar-refractivity contribution >= 4 is 0 Å². The van der Waals surface area contributed by atoms with Crippen molar-refractivity contribution in [2.45, 2.75) is 37.4 Å². The molecule has 0 spiro atoms. The van der Waals surface area contributed by atoms with Crippen molar-refractivity contribution in [2.75, 3.05) is 6.61 Å². The lowest BCUT2D eigenvalue weighted by molar-refractivity contribution is -0.343. The van der Waals surface area contributed by atoms with Gasteiger partial charge >= 0.3 is 0 Å². The van der Waals surface area contributed by atoms with Crippen molar-refractivity contribution in [3.63, 3.8) is 0 Å². The third-order valence-electron chi connectivity index (χ3n) is 3.45. The minimum Gasteiger partial charge on any atom is -0.387 e. The van der Waals surface area contributed by atoms with Crippen LogP contribution in [-0.2, 0) is 4.74 Å². The van der Waals surface area contributed by atoms with Crippen LogP contribution in [0.3, 0.4) is 0 Å². The Morgan fingerprint density at radius 2 is 1.71 bits per heavy atom. The number of aliphatic hydroxyl groups excluding tert-OH is 2. The molecule has 0 bridgehead atoms. The van der Waals surface area contributed by atoms with Crippen LogP contribution in [0.15, 0.2) is 0 Å². The van der Waals surface area contributed by atoms with Gasteiger partial charge in [-0.05, 0) is 18.8 Å². The van der Waals surface area contributed by atoms with Gasteiger partial charge in [-0.1, -0.05) is 0 Å². The summed E-state index contributed by atoms with van der Waals surface area (Å²) in [4.78, 5) is 0. The molecule has 2 rings (SSSR count). The molecule has 1 aliphatic carbocycles. The zero-order chi connectivity index (χ0) is 10.3. The first-order chi connectivity index (χ1) is 6.54. The fraction of sp³-hybridized carbons (Fsp3) is 1.00. The van der Waals surface area contributed by atoms with Crippen LogP contribution in [0.5, 0.6) is 0 Å². The highest BCUT2D eigenvalue weighted by Gasteiger charge is 2.52. The van der Waals surface area contributed by atoms with E-state index >= 15 is 0 Å². The van der Waals surface area contributed by atoms with Gasteiger partial charge < -0.3 is 25.2 Å². The first kappa shape index (κ1) is 10.3. The van der Waals surface area contributed by atoms with Crippen molar-refractivity contribution in [2.24, 2.45) is 11.8 Å². The van der Waals surface area contributed by atoms with Crippen molar-refractivity contribution in [1.29, 1.82) is 0 Å². The third-order valence-corrected chi connectivity index (χ3v) is 3.45. The molecule has 5 heteroatoms. The van der Waals surface area contributed by atoms with Gasteiger partial charge in [-0.15, -0.1) is 0 Å². The SMILES string of the molecule is OC(O)C1CC[C@@H]1C(O)[C@]1(O)CCO1.